The van der Waals surface area contributed by atoms with Gasteiger partial charge in [-0.05, 0) is 60.9 Å². The summed E-state index contributed by atoms with van der Waals surface area (Å²) in [7, 11) is 0. The van der Waals surface area contributed by atoms with Crippen molar-refractivity contribution in [3.63, 3.8) is 0 Å². The van der Waals surface area contributed by atoms with Crippen molar-refractivity contribution in [2.75, 3.05) is 6.61 Å². The molecule has 0 aliphatic heterocycles. The van der Waals surface area contributed by atoms with Crippen molar-refractivity contribution in [3.05, 3.63) is 108 Å². The molecule has 0 spiro atoms. The Morgan fingerprint density at radius 2 is 1.86 bits per heavy atom. The number of ketones is 1. The monoisotopic (exact) mass is 497 g/mol. The van der Waals surface area contributed by atoms with Gasteiger partial charge in [-0.25, -0.2) is 4.68 Å². The Labute approximate surface area is 214 Å². The van der Waals surface area contributed by atoms with E-state index in [2.05, 4.69) is 4.98 Å². The zero-order chi connectivity index (χ0) is 25.1. The van der Waals surface area contributed by atoms with Crippen molar-refractivity contribution in [2.45, 2.75) is 19.3 Å². The normalized spacial score (nSPS) is 17.5. The molecule has 0 radical (unpaired) electrons. The minimum atomic E-state index is -0.916. The molecule has 4 aromatic rings. The van der Waals surface area contributed by atoms with E-state index in [4.69, 9.17) is 21.4 Å². The standard InChI is InChI=1S/C29H24ClN3O3/c1-2-36-29(35)27-24(20-7-6-14-31-17-20)15-21(16-26(27)34)25-18-33(23-8-4-3-5-9-23)32-28(25)19-10-12-22(30)13-11-19/h3-14,16-18,24,27H,2,15H2,1H3. The molecule has 0 saturated heterocycles. The number of aromatic nitrogens is 3. The van der Waals surface area contributed by atoms with Gasteiger partial charge in [0.05, 0.1) is 12.3 Å². The van der Waals surface area contributed by atoms with Crippen LogP contribution in [-0.2, 0) is 14.3 Å². The molecule has 0 N–H and O–H groups in total. The molecule has 5 rings (SSSR count). The lowest BCUT2D eigenvalue weighted by Crippen LogP contribution is -2.34. The number of hydrogen-bond donors (Lipinski definition) is 0. The highest BCUT2D eigenvalue weighted by atomic mass is 35.5. The van der Waals surface area contributed by atoms with E-state index >= 15 is 0 Å². The van der Waals surface area contributed by atoms with E-state index in [1.165, 1.54) is 0 Å². The number of benzene rings is 2. The third kappa shape index (κ3) is 4.72. The number of rotatable bonds is 6. The highest BCUT2D eigenvalue weighted by Gasteiger charge is 2.40. The second kappa shape index (κ2) is 10.3. The van der Waals surface area contributed by atoms with Crippen molar-refractivity contribution >= 4 is 28.9 Å². The first-order chi connectivity index (χ1) is 17.5. The number of nitrogens with zero attached hydrogens (tertiary/aromatic N) is 3. The third-order valence-electron chi connectivity index (χ3n) is 6.32. The molecule has 0 amide bonds. The van der Waals surface area contributed by atoms with Gasteiger partial charge in [-0.3, -0.25) is 14.6 Å². The SMILES string of the molecule is CCOC(=O)C1C(=O)C=C(c2cn(-c3ccccc3)nc2-c2ccc(Cl)cc2)CC1c1cccnc1. The van der Waals surface area contributed by atoms with Crippen LogP contribution in [0.2, 0.25) is 5.02 Å². The molecule has 180 valence electrons. The summed E-state index contributed by atoms with van der Waals surface area (Å²) in [5, 5.41) is 5.51. The molecule has 0 bridgehead atoms. The average molecular weight is 498 g/mol. The van der Waals surface area contributed by atoms with Gasteiger partial charge in [0.25, 0.3) is 0 Å². The first-order valence-electron chi connectivity index (χ1n) is 11.8. The predicted molar refractivity (Wildman–Crippen MR) is 139 cm³/mol. The maximum absolute atomic E-state index is 13.4. The molecule has 2 heterocycles. The van der Waals surface area contributed by atoms with Crippen LogP contribution in [0.15, 0.2) is 91.4 Å². The zero-order valence-corrected chi connectivity index (χ0v) is 20.4. The summed E-state index contributed by atoms with van der Waals surface area (Å²) in [5.74, 6) is -2.10. The van der Waals surface area contributed by atoms with Crippen LogP contribution in [0.5, 0.6) is 0 Å². The minimum absolute atomic E-state index is 0.212. The van der Waals surface area contributed by atoms with Crippen LogP contribution in [-0.4, -0.2) is 33.1 Å². The van der Waals surface area contributed by atoms with Crippen molar-refractivity contribution in [3.8, 4) is 16.9 Å². The summed E-state index contributed by atoms with van der Waals surface area (Å²) in [6, 6.07) is 21.0. The molecule has 0 saturated carbocycles. The lowest BCUT2D eigenvalue weighted by Gasteiger charge is -2.29. The third-order valence-corrected chi connectivity index (χ3v) is 6.57. The molecule has 6 nitrogen and oxygen atoms in total. The largest absolute Gasteiger partial charge is 0.465 e. The molecule has 0 fully saturated rings. The first-order valence-corrected chi connectivity index (χ1v) is 12.2. The van der Waals surface area contributed by atoms with Gasteiger partial charge in [0, 0.05) is 40.7 Å². The summed E-state index contributed by atoms with van der Waals surface area (Å²) in [5.41, 5.74) is 4.96. The zero-order valence-electron chi connectivity index (χ0n) is 19.7. The average Bonchev–Trinajstić information content (AvgIpc) is 3.35. The summed E-state index contributed by atoms with van der Waals surface area (Å²) in [4.78, 5) is 30.5. The van der Waals surface area contributed by atoms with Gasteiger partial charge in [-0.1, -0.05) is 48.0 Å². The number of carbonyl (C=O) groups excluding carboxylic acids is 2. The fourth-order valence-electron chi connectivity index (χ4n) is 4.62. The van der Waals surface area contributed by atoms with Crippen LogP contribution in [0, 0.1) is 5.92 Å². The maximum atomic E-state index is 13.4. The van der Waals surface area contributed by atoms with E-state index in [-0.39, 0.29) is 12.4 Å². The van der Waals surface area contributed by atoms with Gasteiger partial charge in [0.2, 0.25) is 0 Å². The van der Waals surface area contributed by atoms with Gasteiger partial charge >= 0.3 is 5.97 Å². The Morgan fingerprint density at radius 1 is 1.08 bits per heavy atom. The van der Waals surface area contributed by atoms with E-state index in [0.29, 0.717) is 11.4 Å². The highest BCUT2D eigenvalue weighted by Crippen LogP contribution is 2.42. The fraction of sp³-hybridized carbons (Fsp3) is 0.172. The molecule has 2 atom stereocenters. The van der Waals surface area contributed by atoms with E-state index in [1.54, 1.807) is 30.1 Å². The van der Waals surface area contributed by atoms with Gasteiger partial charge in [0.15, 0.2) is 5.78 Å². The number of allylic oxidation sites excluding steroid dienone is 2. The number of para-hydroxylation sites is 1. The quantitative estimate of drug-likeness (QED) is 0.244. The number of pyridine rings is 1. The first kappa shape index (κ1) is 23.7. The topological polar surface area (TPSA) is 74.1 Å². The summed E-state index contributed by atoms with van der Waals surface area (Å²) < 4.78 is 7.08. The number of ether oxygens (including phenoxy) is 1. The number of carbonyl (C=O) groups is 2. The Balaban J connectivity index is 1.63. The highest BCUT2D eigenvalue weighted by molar-refractivity contribution is 6.30. The van der Waals surface area contributed by atoms with Crippen LogP contribution >= 0.6 is 11.6 Å². The van der Waals surface area contributed by atoms with Gasteiger partial charge in [0.1, 0.15) is 11.6 Å². The predicted octanol–water partition coefficient (Wildman–Crippen LogP) is 5.91. The number of esters is 1. The van der Waals surface area contributed by atoms with Crippen LogP contribution in [0.1, 0.15) is 30.4 Å². The van der Waals surface area contributed by atoms with E-state index in [9.17, 15) is 9.59 Å². The van der Waals surface area contributed by atoms with Crippen LogP contribution in [0.25, 0.3) is 22.5 Å². The minimum Gasteiger partial charge on any atom is -0.465 e. The Kier molecular flexibility index (Phi) is 6.78. The van der Waals surface area contributed by atoms with Crippen molar-refractivity contribution in [1.29, 1.82) is 0 Å². The Hall–Kier alpha value is -4.03. The Bertz CT molecular complexity index is 1410. The molecular formula is C29H24ClN3O3. The molecule has 36 heavy (non-hydrogen) atoms. The van der Waals surface area contributed by atoms with Crippen molar-refractivity contribution in [2.24, 2.45) is 5.92 Å². The summed E-state index contributed by atoms with van der Waals surface area (Å²) in [6.45, 7) is 1.95. The summed E-state index contributed by atoms with van der Waals surface area (Å²) in [6.07, 6.45) is 7.35. The molecule has 2 aromatic carbocycles. The van der Waals surface area contributed by atoms with E-state index in [0.717, 1.165) is 33.6 Å². The van der Waals surface area contributed by atoms with Gasteiger partial charge in [-0.2, -0.15) is 5.10 Å². The molecular weight excluding hydrogens is 474 g/mol. The lowest BCUT2D eigenvalue weighted by molar-refractivity contribution is -0.151. The van der Waals surface area contributed by atoms with Crippen LogP contribution in [0.4, 0.5) is 0 Å². The molecule has 2 unspecified atom stereocenters. The van der Waals surface area contributed by atoms with Crippen LogP contribution < -0.4 is 0 Å². The second-order valence-electron chi connectivity index (χ2n) is 8.58. The Morgan fingerprint density at radius 3 is 2.56 bits per heavy atom. The van der Waals surface area contributed by atoms with Gasteiger partial charge in [-0.15, -0.1) is 0 Å². The van der Waals surface area contributed by atoms with E-state index in [1.807, 2.05) is 72.9 Å². The smallest absolute Gasteiger partial charge is 0.317 e. The molecule has 1 aliphatic carbocycles. The molecule has 7 heteroatoms. The molecule has 1 aliphatic rings. The maximum Gasteiger partial charge on any atom is 0.317 e. The van der Waals surface area contributed by atoms with E-state index < -0.39 is 17.8 Å². The van der Waals surface area contributed by atoms with Crippen molar-refractivity contribution in [1.82, 2.24) is 14.8 Å². The van der Waals surface area contributed by atoms with Crippen molar-refractivity contribution < 1.29 is 14.3 Å². The summed E-state index contributed by atoms with van der Waals surface area (Å²) >= 11 is 6.13. The lowest BCUT2D eigenvalue weighted by atomic mass is 9.74. The second-order valence-corrected chi connectivity index (χ2v) is 9.01. The molecule has 2 aromatic heterocycles. The number of hydrogen-bond acceptors (Lipinski definition) is 5. The number of halogens is 1. The van der Waals surface area contributed by atoms with Gasteiger partial charge < -0.3 is 4.74 Å². The fourth-order valence-corrected chi connectivity index (χ4v) is 4.75. The van der Waals surface area contributed by atoms with Crippen LogP contribution in [0.3, 0.4) is 0 Å².